The topological polar surface area (TPSA) is 62.5 Å². The molecule has 4 nitrogen and oxygen atoms in total. The maximum atomic E-state index is 13.0. The van der Waals surface area contributed by atoms with E-state index in [2.05, 4.69) is 5.32 Å². The highest BCUT2D eigenvalue weighted by atomic mass is 19.1. The van der Waals surface area contributed by atoms with E-state index in [9.17, 15) is 9.18 Å². The van der Waals surface area contributed by atoms with Crippen molar-refractivity contribution in [2.24, 2.45) is 0 Å². The second-order valence-electron chi connectivity index (χ2n) is 4.76. The monoisotopic (exact) mass is 291 g/mol. The lowest BCUT2D eigenvalue weighted by atomic mass is 10.1. The Balaban J connectivity index is 2.19. The Morgan fingerprint density at radius 2 is 2.05 bits per heavy atom. The molecule has 0 aliphatic heterocycles. The summed E-state index contributed by atoms with van der Waals surface area (Å²) in [5.41, 5.74) is 1.33. The van der Waals surface area contributed by atoms with Crippen LogP contribution in [0.5, 0.6) is 0 Å². The standard InChI is InChI=1S/C16H18FNO3/c1-2-13(7-9-19)18-16(20)15-14(8-10-21-15)11-3-5-12(17)6-4-11/h3-6,8,10,13,19H,2,7,9H2,1H3,(H,18,20). The Labute approximate surface area is 122 Å². The predicted molar refractivity (Wildman–Crippen MR) is 77.4 cm³/mol. The first kappa shape index (κ1) is 15.3. The molecule has 0 aliphatic rings. The van der Waals surface area contributed by atoms with Gasteiger partial charge in [0.15, 0.2) is 5.76 Å². The zero-order chi connectivity index (χ0) is 15.2. The Kier molecular flexibility index (Phi) is 5.11. The number of benzene rings is 1. The largest absolute Gasteiger partial charge is 0.459 e. The molecule has 2 aromatic rings. The van der Waals surface area contributed by atoms with Crippen molar-refractivity contribution in [3.05, 3.63) is 48.2 Å². The zero-order valence-corrected chi connectivity index (χ0v) is 11.8. The third-order valence-corrected chi connectivity index (χ3v) is 3.33. The molecular weight excluding hydrogens is 273 g/mol. The second-order valence-corrected chi connectivity index (χ2v) is 4.76. The lowest BCUT2D eigenvalue weighted by molar-refractivity contribution is 0.0902. The molecule has 1 atom stereocenters. The van der Waals surface area contributed by atoms with E-state index in [1.165, 1.54) is 18.4 Å². The first-order valence-corrected chi connectivity index (χ1v) is 6.90. The van der Waals surface area contributed by atoms with Crippen molar-refractivity contribution >= 4 is 5.91 Å². The number of aliphatic hydroxyl groups excluding tert-OH is 1. The molecule has 0 saturated carbocycles. The molecule has 0 radical (unpaired) electrons. The smallest absolute Gasteiger partial charge is 0.287 e. The van der Waals surface area contributed by atoms with Crippen molar-refractivity contribution < 1.29 is 18.7 Å². The van der Waals surface area contributed by atoms with E-state index in [0.29, 0.717) is 17.5 Å². The molecule has 1 aromatic heterocycles. The van der Waals surface area contributed by atoms with Gasteiger partial charge in [-0.25, -0.2) is 4.39 Å². The normalized spacial score (nSPS) is 12.1. The summed E-state index contributed by atoms with van der Waals surface area (Å²) in [7, 11) is 0. The van der Waals surface area contributed by atoms with Crippen molar-refractivity contribution in [3.8, 4) is 11.1 Å². The Morgan fingerprint density at radius 3 is 2.67 bits per heavy atom. The molecular formula is C16H18FNO3. The van der Waals surface area contributed by atoms with Gasteiger partial charge in [-0.1, -0.05) is 19.1 Å². The van der Waals surface area contributed by atoms with Crippen LogP contribution in [0.25, 0.3) is 11.1 Å². The lowest BCUT2D eigenvalue weighted by Gasteiger charge is -2.15. The molecule has 1 heterocycles. The summed E-state index contributed by atoms with van der Waals surface area (Å²) in [5.74, 6) is -0.472. The van der Waals surface area contributed by atoms with E-state index < -0.39 is 0 Å². The summed E-state index contributed by atoms with van der Waals surface area (Å²) < 4.78 is 18.2. The average Bonchev–Trinajstić information content (AvgIpc) is 2.97. The van der Waals surface area contributed by atoms with Gasteiger partial charge in [0.1, 0.15) is 5.82 Å². The molecule has 0 aliphatic carbocycles. The molecule has 21 heavy (non-hydrogen) atoms. The number of hydrogen-bond acceptors (Lipinski definition) is 3. The van der Waals surface area contributed by atoms with Gasteiger partial charge in [0.05, 0.1) is 6.26 Å². The Hall–Kier alpha value is -2.14. The van der Waals surface area contributed by atoms with Crippen molar-refractivity contribution in [1.82, 2.24) is 5.32 Å². The van der Waals surface area contributed by atoms with Crippen LogP contribution in [0.4, 0.5) is 4.39 Å². The van der Waals surface area contributed by atoms with Crippen LogP contribution in [0.2, 0.25) is 0 Å². The van der Waals surface area contributed by atoms with Crippen LogP contribution in [0.15, 0.2) is 41.0 Å². The fraction of sp³-hybridized carbons (Fsp3) is 0.312. The molecule has 2 N–H and O–H groups in total. The highest BCUT2D eigenvalue weighted by Crippen LogP contribution is 2.25. The zero-order valence-electron chi connectivity index (χ0n) is 11.8. The van der Waals surface area contributed by atoms with Gasteiger partial charge in [-0.3, -0.25) is 4.79 Å². The molecule has 1 aromatic carbocycles. The number of furan rings is 1. The second kappa shape index (κ2) is 7.04. The minimum absolute atomic E-state index is 0.0156. The highest BCUT2D eigenvalue weighted by molar-refractivity contribution is 5.98. The number of carbonyl (C=O) groups excluding carboxylic acids is 1. The molecule has 0 spiro atoms. The van der Waals surface area contributed by atoms with Crippen molar-refractivity contribution in [3.63, 3.8) is 0 Å². The first-order chi connectivity index (χ1) is 10.2. The van der Waals surface area contributed by atoms with Gasteiger partial charge in [-0.15, -0.1) is 0 Å². The van der Waals surface area contributed by atoms with Crippen LogP contribution in [0.3, 0.4) is 0 Å². The first-order valence-electron chi connectivity index (χ1n) is 6.90. The molecule has 112 valence electrons. The van der Waals surface area contributed by atoms with E-state index in [1.54, 1.807) is 18.2 Å². The maximum absolute atomic E-state index is 13.0. The minimum atomic E-state index is -0.334. The summed E-state index contributed by atoms with van der Waals surface area (Å²) in [6.45, 7) is 1.95. The van der Waals surface area contributed by atoms with Gasteiger partial charge in [-0.05, 0) is 36.6 Å². The molecule has 1 amide bonds. The van der Waals surface area contributed by atoms with Gasteiger partial charge < -0.3 is 14.8 Å². The fourth-order valence-electron chi connectivity index (χ4n) is 2.13. The molecule has 0 saturated heterocycles. The number of carbonyl (C=O) groups is 1. The number of aliphatic hydroxyl groups is 1. The number of amides is 1. The number of hydrogen-bond donors (Lipinski definition) is 2. The molecule has 5 heteroatoms. The van der Waals surface area contributed by atoms with Crippen LogP contribution in [0, 0.1) is 5.82 Å². The highest BCUT2D eigenvalue weighted by Gasteiger charge is 2.19. The van der Waals surface area contributed by atoms with Crippen molar-refractivity contribution in [2.75, 3.05) is 6.61 Å². The van der Waals surface area contributed by atoms with Crippen LogP contribution < -0.4 is 5.32 Å². The van der Waals surface area contributed by atoms with E-state index in [-0.39, 0.29) is 30.1 Å². The SMILES string of the molecule is CCC(CCO)NC(=O)c1occc1-c1ccc(F)cc1. The van der Waals surface area contributed by atoms with Crippen LogP contribution in [0.1, 0.15) is 30.3 Å². The fourth-order valence-corrected chi connectivity index (χ4v) is 2.13. The summed E-state index contributed by atoms with van der Waals surface area (Å²) in [6, 6.07) is 7.45. The summed E-state index contributed by atoms with van der Waals surface area (Å²) in [5, 5.41) is 11.8. The van der Waals surface area contributed by atoms with Gasteiger partial charge in [-0.2, -0.15) is 0 Å². The summed E-state index contributed by atoms with van der Waals surface area (Å²) in [4.78, 5) is 12.3. The Bertz CT molecular complexity index is 592. The van der Waals surface area contributed by atoms with E-state index in [0.717, 1.165) is 6.42 Å². The van der Waals surface area contributed by atoms with Gasteiger partial charge in [0, 0.05) is 18.2 Å². The third kappa shape index (κ3) is 3.70. The predicted octanol–water partition coefficient (Wildman–Crippen LogP) is 2.98. The van der Waals surface area contributed by atoms with E-state index in [4.69, 9.17) is 9.52 Å². The van der Waals surface area contributed by atoms with Crippen LogP contribution in [-0.4, -0.2) is 23.7 Å². The maximum Gasteiger partial charge on any atom is 0.287 e. The quantitative estimate of drug-likeness (QED) is 0.860. The van der Waals surface area contributed by atoms with Crippen LogP contribution >= 0.6 is 0 Å². The molecule has 1 unspecified atom stereocenters. The lowest BCUT2D eigenvalue weighted by Crippen LogP contribution is -2.35. The van der Waals surface area contributed by atoms with Gasteiger partial charge >= 0.3 is 0 Å². The number of rotatable bonds is 6. The minimum Gasteiger partial charge on any atom is -0.459 e. The summed E-state index contributed by atoms with van der Waals surface area (Å²) in [6.07, 6.45) is 2.65. The van der Waals surface area contributed by atoms with Gasteiger partial charge in [0.25, 0.3) is 5.91 Å². The average molecular weight is 291 g/mol. The van der Waals surface area contributed by atoms with Crippen LogP contribution in [-0.2, 0) is 0 Å². The van der Waals surface area contributed by atoms with Gasteiger partial charge in [0.2, 0.25) is 0 Å². The van der Waals surface area contributed by atoms with E-state index in [1.807, 2.05) is 6.92 Å². The Morgan fingerprint density at radius 1 is 1.33 bits per heavy atom. The molecule has 2 rings (SSSR count). The number of halogens is 1. The van der Waals surface area contributed by atoms with Crippen molar-refractivity contribution in [2.45, 2.75) is 25.8 Å². The van der Waals surface area contributed by atoms with Crippen molar-refractivity contribution in [1.29, 1.82) is 0 Å². The van der Waals surface area contributed by atoms with E-state index >= 15 is 0 Å². The number of nitrogens with one attached hydrogen (secondary N) is 1. The third-order valence-electron chi connectivity index (χ3n) is 3.33. The molecule has 0 bridgehead atoms. The summed E-state index contributed by atoms with van der Waals surface area (Å²) >= 11 is 0. The molecule has 0 fully saturated rings.